The molecule has 1 aromatic carbocycles. The first-order valence-corrected chi connectivity index (χ1v) is 6.06. The standard InChI is InChI=1S/C12H12ClN5/c1-2-9-10-11(14)15-16-12(10)18(17-9)8-5-3-4-7(13)6-8/h3-6H,2H2,1H3,(H3,14,15,16). The number of benzene rings is 1. The van der Waals surface area contributed by atoms with Gasteiger partial charge in [0.2, 0.25) is 0 Å². The molecule has 3 N–H and O–H groups in total. The zero-order valence-electron chi connectivity index (χ0n) is 9.81. The van der Waals surface area contributed by atoms with Gasteiger partial charge in [-0.25, -0.2) is 4.68 Å². The maximum atomic E-state index is 6.00. The number of nitrogens with zero attached hydrogens (tertiary/aromatic N) is 3. The number of nitrogens with two attached hydrogens (primary N) is 1. The maximum absolute atomic E-state index is 6.00. The van der Waals surface area contributed by atoms with Crippen LogP contribution in [0.25, 0.3) is 16.7 Å². The van der Waals surface area contributed by atoms with Crippen LogP contribution in [-0.4, -0.2) is 20.0 Å². The van der Waals surface area contributed by atoms with E-state index in [-0.39, 0.29) is 0 Å². The summed E-state index contributed by atoms with van der Waals surface area (Å²) in [4.78, 5) is 0. The fourth-order valence-corrected chi connectivity index (χ4v) is 2.22. The molecule has 0 bridgehead atoms. The van der Waals surface area contributed by atoms with Crippen LogP contribution in [0, 0.1) is 0 Å². The molecule has 0 aliphatic rings. The molecular weight excluding hydrogens is 250 g/mol. The number of nitrogen functional groups attached to an aromatic ring is 1. The molecule has 2 heterocycles. The van der Waals surface area contributed by atoms with Gasteiger partial charge in [0.25, 0.3) is 0 Å². The van der Waals surface area contributed by atoms with Gasteiger partial charge in [0.1, 0.15) is 5.82 Å². The van der Waals surface area contributed by atoms with Crippen LogP contribution in [0.4, 0.5) is 5.82 Å². The number of fused-ring (bicyclic) bond motifs is 1. The van der Waals surface area contributed by atoms with Gasteiger partial charge < -0.3 is 5.73 Å². The molecule has 3 rings (SSSR count). The number of rotatable bonds is 2. The highest BCUT2D eigenvalue weighted by atomic mass is 35.5. The molecule has 0 unspecified atom stereocenters. The number of nitrogens with one attached hydrogen (secondary N) is 1. The molecule has 0 saturated carbocycles. The van der Waals surface area contributed by atoms with E-state index in [1.165, 1.54) is 0 Å². The number of hydrogen-bond donors (Lipinski definition) is 2. The molecule has 0 aliphatic heterocycles. The van der Waals surface area contributed by atoms with Crippen LogP contribution < -0.4 is 5.73 Å². The second-order valence-electron chi connectivity index (χ2n) is 4.03. The van der Waals surface area contributed by atoms with Crippen molar-refractivity contribution in [3.63, 3.8) is 0 Å². The van der Waals surface area contributed by atoms with E-state index in [2.05, 4.69) is 15.3 Å². The first-order valence-electron chi connectivity index (χ1n) is 5.68. The van der Waals surface area contributed by atoms with Crippen LogP contribution >= 0.6 is 11.6 Å². The molecule has 0 aliphatic carbocycles. The van der Waals surface area contributed by atoms with E-state index in [0.717, 1.165) is 28.8 Å². The van der Waals surface area contributed by atoms with Crippen LogP contribution in [-0.2, 0) is 6.42 Å². The van der Waals surface area contributed by atoms with Crippen LogP contribution in [0.1, 0.15) is 12.6 Å². The van der Waals surface area contributed by atoms with Crippen molar-refractivity contribution in [1.82, 2.24) is 20.0 Å². The van der Waals surface area contributed by atoms with Gasteiger partial charge >= 0.3 is 0 Å². The molecule has 0 amide bonds. The summed E-state index contributed by atoms with van der Waals surface area (Å²) in [7, 11) is 0. The summed E-state index contributed by atoms with van der Waals surface area (Å²) in [5.41, 5.74) is 8.41. The first kappa shape index (κ1) is 11.1. The minimum absolute atomic E-state index is 0.551. The number of aromatic nitrogens is 4. The fraction of sp³-hybridized carbons (Fsp3) is 0.167. The van der Waals surface area contributed by atoms with E-state index in [4.69, 9.17) is 17.3 Å². The normalized spacial score (nSPS) is 11.2. The highest BCUT2D eigenvalue weighted by Crippen LogP contribution is 2.26. The van der Waals surface area contributed by atoms with Gasteiger partial charge in [-0.1, -0.05) is 24.6 Å². The fourth-order valence-electron chi connectivity index (χ4n) is 2.04. The van der Waals surface area contributed by atoms with E-state index in [9.17, 15) is 0 Å². The third kappa shape index (κ3) is 1.55. The molecule has 2 aromatic heterocycles. The second-order valence-corrected chi connectivity index (χ2v) is 4.46. The number of aryl methyl sites for hydroxylation is 1. The predicted molar refractivity (Wildman–Crippen MR) is 72.0 cm³/mol. The van der Waals surface area contributed by atoms with Gasteiger partial charge in [0.05, 0.1) is 16.8 Å². The first-order chi connectivity index (χ1) is 8.70. The van der Waals surface area contributed by atoms with Gasteiger partial charge in [-0.05, 0) is 24.6 Å². The molecule has 0 fully saturated rings. The molecule has 0 atom stereocenters. The van der Waals surface area contributed by atoms with Crippen molar-refractivity contribution in [2.75, 3.05) is 5.73 Å². The van der Waals surface area contributed by atoms with Crippen molar-refractivity contribution >= 4 is 28.5 Å². The van der Waals surface area contributed by atoms with Crippen LogP contribution in [0.3, 0.4) is 0 Å². The summed E-state index contributed by atoms with van der Waals surface area (Å²) in [6, 6.07) is 7.49. The Morgan fingerprint density at radius 3 is 3.00 bits per heavy atom. The van der Waals surface area contributed by atoms with Gasteiger partial charge in [-0.3, -0.25) is 5.10 Å². The number of halogens is 1. The average molecular weight is 262 g/mol. The van der Waals surface area contributed by atoms with Crippen molar-refractivity contribution < 1.29 is 0 Å². The third-order valence-corrected chi connectivity index (χ3v) is 3.11. The Morgan fingerprint density at radius 2 is 2.28 bits per heavy atom. The molecule has 92 valence electrons. The molecule has 0 spiro atoms. The van der Waals surface area contributed by atoms with Crippen molar-refractivity contribution in [3.05, 3.63) is 35.0 Å². The Morgan fingerprint density at radius 1 is 1.44 bits per heavy atom. The SMILES string of the molecule is CCc1nn(-c2cccc(Cl)c2)c2n[nH]c(N)c12. The minimum Gasteiger partial charge on any atom is -0.383 e. The van der Waals surface area contributed by atoms with Gasteiger partial charge in [0, 0.05) is 5.02 Å². The highest BCUT2D eigenvalue weighted by molar-refractivity contribution is 6.30. The molecule has 0 saturated heterocycles. The summed E-state index contributed by atoms with van der Waals surface area (Å²) in [6.07, 6.45) is 0.799. The second kappa shape index (κ2) is 4.03. The Kier molecular flexibility index (Phi) is 2.48. The Labute approximate surface area is 109 Å². The van der Waals surface area contributed by atoms with Gasteiger partial charge in [-0.2, -0.15) is 10.2 Å². The van der Waals surface area contributed by atoms with Gasteiger partial charge in [-0.15, -0.1) is 0 Å². The number of anilines is 1. The lowest BCUT2D eigenvalue weighted by Crippen LogP contribution is -1.98. The smallest absolute Gasteiger partial charge is 0.186 e. The van der Waals surface area contributed by atoms with Crippen molar-refractivity contribution in [3.8, 4) is 5.69 Å². The Balaban J connectivity index is 2.29. The lowest BCUT2D eigenvalue weighted by atomic mass is 10.2. The summed E-state index contributed by atoms with van der Waals surface area (Å²) in [5.74, 6) is 0.551. The van der Waals surface area contributed by atoms with Crippen LogP contribution in [0.2, 0.25) is 5.02 Å². The van der Waals surface area contributed by atoms with Crippen molar-refractivity contribution in [1.29, 1.82) is 0 Å². The lowest BCUT2D eigenvalue weighted by Gasteiger charge is -2.01. The van der Waals surface area contributed by atoms with Crippen LogP contribution in [0.5, 0.6) is 0 Å². The zero-order chi connectivity index (χ0) is 12.7. The van der Waals surface area contributed by atoms with Crippen molar-refractivity contribution in [2.24, 2.45) is 0 Å². The Bertz CT molecular complexity index is 712. The quantitative estimate of drug-likeness (QED) is 0.745. The molecule has 18 heavy (non-hydrogen) atoms. The number of aromatic amines is 1. The maximum Gasteiger partial charge on any atom is 0.186 e. The topological polar surface area (TPSA) is 72.5 Å². The van der Waals surface area contributed by atoms with Crippen molar-refractivity contribution in [2.45, 2.75) is 13.3 Å². The lowest BCUT2D eigenvalue weighted by molar-refractivity contribution is 0.844. The zero-order valence-corrected chi connectivity index (χ0v) is 10.6. The predicted octanol–water partition coefficient (Wildman–Crippen LogP) is 2.55. The molecular formula is C12H12ClN5. The molecule has 0 radical (unpaired) electrons. The largest absolute Gasteiger partial charge is 0.383 e. The molecule has 6 heteroatoms. The van der Waals surface area contributed by atoms with E-state index in [0.29, 0.717) is 10.8 Å². The van der Waals surface area contributed by atoms with E-state index in [1.807, 2.05) is 31.2 Å². The van der Waals surface area contributed by atoms with E-state index in [1.54, 1.807) is 4.68 Å². The Hall–Kier alpha value is -2.01. The van der Waals surface area contributed by atoms with E-state index < -0.39 is 0 Å². The number of hydrogen-bond acceptors (Lipinski definition) is 3. The summed E-state index contributed by atoms with van der Waals surface area (Å²) >= 11 is 6.00. The molecule has 5 nitrogen and oxygen atoms in total. The third-order valence-electron chi connectivity index (χ3n) is 2.87. The highest BCUT2D eigenvalue weighted by Gasteiger charge is 2.16. The number of H-pyrrole nitrogens is 1. The van der Waals surface area contributed by atoms with Crippen LogP contribution in [0.15, 0.2) is 24.3 Å². The summed E-state index contributed by atoms with van der Waals surface area (Å²) in [5, 5.41) is 13.1. The monoisotopic (exact) mass is 261 g/mol. The average Bonchev–Trinajstić information content (AvgIpc) is 2.90. The van der Waals surface area contributed by atoms with Gasteiger partial charge in [0.15, 0.2) is 5.65 Å². The summed E-state index contributed by atoms with van der Waals surface area (Å²) < 4.78 is 1.76. The summed E-state index contributed by atoms with van der Waals surface area (Å²) in [6.45, 7) is 2.04. The van der Waals surface area contributed by atoms with E-state index >= 15 is 0 Å². The minimum atomic E-state index is 0.551. The molecule has 3 aromatic rings.